The van der Waals surface area contributed by atoms with Gasteiger partial charge in [-0.05, 0) is 19.3 Å². The van der Waals surface area contributed by atoms with Gasteiger partial charge in [-0.15, -0.1) is 0 Å². The summed E-state index contributed by atoms with van der Waals surface area (Å²) in [6.07, 6.45) is 5.73. The summed E-state index contributed by atoms with van der Waals surface area (Å²) >= 11 is 0. The molecule has 2 unspecified atom stereocenters. The largest absolute Gasteiger partial charge is 0.632 e. The normalized spacial score (nSPS) is 31.7. The first-order valence-corrected chi connectivity index (χ1v) is 5.78. The minimum absolute atomic E-state index is 0.0477. The number of piperidine rings is 2. The second-order valence-corrected chi connectivity index (χ2v) is 4.71. The van der Waals surface area contributed by atoms with E-state index in [1.165, 1.54) is 0 Å². The third-order valence-corrected chi connectivity index (χ3v) is 3.58. The lowest BCUT2D eigenvalue weighted by molar-refractivity contribution is -0.897. The molecule has 2 aliphatic rings. The van der Waals surface area contributed by atoms with Crippen molar-refractivity contribution >= 4 is 5.91 Å². The Morgan fingerprint density at radius 3 is 3.00 bits per heavy atom. The number of quaternary nitrogens is 1. The van der Waals surface area contributed by atoms with Crippen LogP contribution in [0, 0.1) is 11.6 Å². The quantitative estimate of drug-likeness (QED) is 0.478. The van der Waals surface area contributed by atoms with Crippen LogP contribution in [0.4, 0.5) is 0 Å². The molecule has 0 aromatic rings. The number of amides is 1. The van der Waals surface area contributed by atoms with Gasteiger partial charge in [0.25, 0.3) is 5.91 Å². The average molecular weight is 211 g/mol. The van der Waals surface area contributed by atoms with Crippen LogP contribution >= 0.6 is 0 Å². The van der Waals surface area contributed by atoms with Gasteiger partial charge in [0.1, 0.15) is 0 Å². The summed E-state index contributed by atoms with van der Waals surface area (Å²) < 4.78 is -0.302. The summed E-state index contributed by atoms with van der Waals surface area (Å²) in [5.41, 5.74) is 0. The summed E-state index contributed by atoms with van der Waals surface area (Å²) in [6, 6.07) is -0.333. The molecule has 1 radical (unpaired) electrons. The fourth-order valence-corrected chi connectivity index (χ4v) is 2.63. The monoisotopic (exact) mass is 211 g/mol. The van der Waals surface area contributed by atoms with Crippen molar-refractivity contribution in [3.05, 3.63) is 11.6 Å². The molecule has 2 atom stereocenters. The van der Waals surface area contributed by atoms with Gasteiger partial charge < -0.3 is 14.8 Å². The lowest BCUT2D eigenvalue weighted by Crippen LogP contribution is -2.61. The molecule has 4 heteroatoms. The topological polar surface area (TPSA) is 43.4 Å². The van der Waals surface area contributed by atoms with Crippen molar-refractivity contribution in [2.75, 3.05) is 26.7 Å². The molecular weight excluding hydrogens is 192 g/mol. The number of likely N-dealkylation sites (N-methyl/N-ethyl adjacent to an activating group) is 1. The van der Waals surface area contributed by atoms with Crippen LogP contribution in [0.3, 0.4) is 0 Å². The number of nitrogens with zero attached hydrogens (tertiary/aromatic N) is 2. The molecule has 85 valence electrons. The Hall–Kier alpha value is -0.610. The highest BCUT2D eigenvalue weighted by Crippen LogP contribution is 2.27. The molecule has 1 amide bonds. The molecule has 2 heterocycles. The van der Waals surface area contributed by atoms with Crippen molar-refractivity contribution in [3.63, 3.8) is 0 Å². The van der Waals surface area contributed by atoms with E-state index in [1.54, 1.807) is 11.9 Å². The summed E-state index contributed by atoms with van der Waals surface area (Å²) in [5, 5.41) is 12.5. The first-order valence-electron chi connectivity index (χ1n) is 5.78. The van der Waals surface area contributed by atoms with E-state index in [-0.39, 0.29) is 16.6 Å². The molecular formula is C11H19N2O2. The number of likely N-dealkylation sites (tertiary alicyclic amines) is 2. The van der Waals surface area contributed by atoms with E-state index in [2.05, 4.69) is 0 Å². The fourth-order valence-electron chi connectivity index (χ4n) is 2.63. The Balaban J connectivity index is 2.10. The first kappa shape index (κ1) is 10.9. The standard InChI is InChI=1S/C11H19N2O2/c1-12-7-5-6-10(11(12)14)13(15)8-3-2-4-9-13/h3,10H,2,4-9H2,1H3. The molecule has 0 bridgehead atoms. The van der Waals surface area contributed by atoms with Crippen LogP contribution in [-0.4, -0.2) is 48.2 Å². The zero-order valence-corrected chi connectivity index (χ0v) is 9.32. The van der Waals surface area contributed by atoms with E-state index in [1.807, 2.05) is 6.42 Å². The lowest BCUT2D eigenvalue weighted by atomic mass is 9.99. The molecule has 2 aliphatic heterocycles. The molecule has 2 saturated heterocycles. The van der Waals surface area contributed by atoms with Gasteiger partial charge in [-0.1, -0.05) is 0 Å². The molecule has 4 nitrogen and oxygen atoms in total. The van der Waals surface area contributed by atoms with Gasteiger partial charge >= 0.3 is 0 Å². The minimum Gasteiger partial charge on any atom is -0.632 e. The molecule has 0 aromatic carbocycles. The highest BCUT2D eigenvalue weighted by molar-refractivity contribution is 5.81. The van der Waals surface area contributed by atoms with Gasteiger partial charge in [0.2, 0.25) is 0 Å². The third-order valence-electron chi connectivity index (χ3n) is 3.58. The first-order chi connectivity index (χ1) is 7.13. The van der Waals surface area contributed by atoms with E-state index in [0.717, 1.165) is 32.2 Å². The third kappa shape index (κ3) is 2.01. The Morgan fingerprint density at radius 2 is 2.33 bits per heavy atom. The van der Waals surface area contributed by atoms with Crippen LogP contribution in [0.2, 0.25) is 0 Å². The molecule has 0 aromatic heterocycles. The SMILES string of the molecule is CN1CCCC([N+]2([O-])C[CH]CCC2)C1=O. The fraction of sp³-hybridized carbons (Fsp3) is 0.818. The van der Waals surface area contributed by atoms with Crippen molar-refractivity contribution < 1.29 is 9.44 Å². The smallest absolute Gasteiger partial charge is 0.280 e. The molecule has 2 rings (SSSR count). The van der Waals surface area contributed by atoms with Gasteiger partial charge in [0.15, 0.2) is 6.04 Å². The van der Waals surface area contributed by atoms with Crippen LogP contribution in [0.15, 0.2) is 0 Å². The van der Waals surface area contributed by atoms with Gasteiger partial charge in [0, 0.05) is 26.4 Å². The highest BCUT2D eigenvalue weighted by Gasteiger charge is 2.39. The van der Waals surface area contributed by atoms with Gasteiger partial charge in [-0.2, -0.15) is 0 Å². The van der Waals surface area contributed by atoms with Gasteiger partial charge in [-0.25, -0.2) is 0 Å². The molecule has 0 aliphatic carbocycles. The average Bonchev–Trinajstić information content (AvgIpc) is 2.23. The van der Waals surface area contributed by atoms with E-state index in [4.69, 9.17) is 0 Å². The summed E-state index contributed by atoms with van der Waals surface area (Å²) in [4.78, 5) is 13.6. The van der Waals surface area contributed by atoms with Gasteiger partial charge in [-0.3, -0.25) is 4.79 Å². The number of hydrogen-bond acceptors (Lipinski definition) is 2. The Labute approximate surface area is 91.0 Å². The van der Waals surface area contributed by atoms with Crippen LogP contribution in [0.5, 0.6) is 0 Å². The summed E-state index contributed by atoms with van der Waals surface area (Å²) in [7, 11) is 1.80. The minimum atomic E-state index is -0.333. The Bertz CT molecular complexity index is 249. The zero-order valence-electron chi connectivity index (χ0n) is 9.32. The molecule has 0 N–H and O–H groups in total. The van der Waals surface area contributed by atoms with Crippen molar-refractivity contribution in [1.82, 2.24) is 4.90 Å². The second-order valence-electron chi connectivity index (χ2n) is 4.71. The number of carbonyl (C=O) groups excluding carboxylic acids is 1. The molecule has 2 fully saturated rings. The van der Waals surface area contributed by atoms with Crippen molar-refractivity contribution in [2.24, 2.45) is 0 Å². The maximum Gasteiger partial charge on any atom is 0.280 e. The summed E-state index contributed by atoms with van der Waals surface area (Å²) in [5.74, 6) is 0.0477. The van der Waals surface area contributed by atoms with Crippen LogP contribution in [0.1, 0.15) is 25.7 Å². The number of hydrogen-bond donors (Lipinski definition) is 0. The number of hydroxylamine groups is 3. The maximum absolute atomic E-state index is 12.5. The van der Waals surface area contributed by atoms with E-state index < -0.39 is 0 Å². The lowest BCUT2D eigenvalue weighted by Gasteiger charge is -2.52. The number of carbonyl (C=O) groups is 1. The van der Waals surface area contributed by atoms with Crippen molar-refractivity contribution in [3.8, 4) is 0 Å². The second kappa shape index (κ2) is 4.10. The van der Waals surface area contributed by atoms with Crippen molar-refractivity contribution in [2.45, 2.75) is 31.7 Å². The molecule has 15 heavy (non-hydrogen) atoms. The van der Waals surface area contributed by atoms with E-state index in [9.17, 15) is 10.0 Å². The predicted octanol–water partition coefficient (Wildman–Crippen LogP) is 0.920. The Kier molecular flexibility index (Phi) is 2.98. The van der Waals surface area contributed by atoms with Crippen molar-refractivity contribution in [1.29, 1.82) is 0 Å². The molecule has 0 saturated carbocycles. The number of rotatable bonds is 1. The predicted molar refractivity (Wildman–Crippen MR) is 57.6 cm³/mol. The van der Waals surface area contributed by atoms with Gasteiger partial charge in [0.05, 0.1) is 13.1 Å². The van der Waals surface area contributed by atoms with Crippen LogP contribution < -0.4 is 0 Å². The van der Waals surface area contributed by atoms with E-state index >= 15 is 0 Å². The Morgan fingerprint density at radius 1 is 1.53 bits per heavy atom. The summed E-state index contributed by atoms with van der Waals surface area (Å²) in [6.45, 7) is 1.93. The van der Waals surface area contributed by atoms with E-state index in [0.29, 0.717) is 13.1 Å². The highest BCUT2D eigenvalue weighted by atomic mass is 16.5. The zero-order chi connectivity index (χ0) is 10.9. The molecule has 0 spiro atoms. The van der Waals surface area contributed by atoms with Crippen LogP contribution in [-0.2, 0) is 4.79 Å². The maximum atomic E-state index is 12.5. The van der Waals surface area contributed by atoms with Crippen LogP contribution in [0.25, 0.3) is 0 Å².